The molecule has 0 fully saturated rings. The van der Waals surface area contributed by atoms with Crippen molar-refractivity contribution in [3.8, 4) is 11.3 Å². The number of fused-ring (bicyclic) bond motifs is 1. The minimum absolute atomic E-state index is 0.0289. The summed E-state index contributed by atoms with van der Waals surface area (Å²) in [5, 5.41) is 1.08. The molecule has 3 nitrogen and oxygen atoms in total. The monoisotopic (exact) mass is 312 g/mol. The third-order valence-corrected chi connectivity index (χ3v) is 4.29. The molecule has 0 N–H and O–H groups in total. The molecule has 0 aliphatic carbocycles. The highest BCUT2D eigenvalue weighted by molar-refractivity contribution is 6.07. The predicted octanol–water partition coefficient (Wildman–Crippen LogP) is 4.70. The number of benzene rings is 2. The van der Waals surface area contributed by atoms with E-state index in [2.05, 4.69) is 18.0 Å². The zero-order chi connectivity index (χ0) is 16.5. The van der Waals surface area contributed by atoms with Gasteiger partial charge in [0.2, 0.25) is 0 Å². The van der Waals surface area contributed by atoms with Gasteiger partial charge in [0.25, 0.3) is 5.91 Å². The van der Waals surface area contributed by atoms with E-state index in [1.807, 2.05) is 60.7 Å². The summed E-state index contributed by atoms with van der Waals surface area (Å²) in [5.74, 6) is -0.0289. The predicted molar refractivity (Wildman–Crippen MR) is 96.1 cm³/mol. The van der Waals surface area contributed by atoms with E-state index in [1.54, 1.807) is 17.0 Å². The second kappa shape index (κ2) is 5.78. The van der Waals surface area contributed by atoms with Gasteiger partial charge in [-0.2, -0.15) is 0 Å². The van der Waals surface area contributed by atoms with Crippen LogP contribution in [0.25, 0.3) is 22.2 Å². The van der Waals surface area contributed by atoms with Crippen LogP contribution in [0.3, 0.4) is 0 Å². The van der Waals surface area contributed by atoms with Crippen molar-refractivity contribution in [3.05, 3.63) is 90.3 Å². The molecule has 0 saturated heterocycles. The van der Waals surface area contributed by atoms with E-state index in [4.69, 9.17) is 0 Å². The summed E-state index contributed by atoms with van der Waals surface area (Å²) in [5.41, 5.74) is 4.52. The molecular weight excluding hydrogens is 296 g/mol. The first-order valence-electron chi connectivity index (χ1n) is 7.87. The summed E-state index contributed by atoms with van der Waals surface area (Å²) in [6.45, 7) is 2.05. The van der Waals surface area contributed by atoms with E-state index in [1.165, 1.54) is 0 Å². The maximum absolute atomic E-state index is 13.2. The molecule has 4 rings (SSSR count). The molecule has 0 aliphatic heterocycles. The molecule has 4 aromatic rings. The lowest BCUT2D eigenvalue weighted by molar-refractivity contribution is 0.0966. The maximum Gasteiger partial charge on any atom is 0.262 e. The number of nitrogens with zero attached hydrogens (tertiary/aromatic N) is 2. The molecule has 0 atom stereocenters. The summed E-state index contributed by atoms with van der Waals surface area (Å²) >= 11 is 0. The number of aryl methyl sites for hydroxylation is 1. The Balaban J connectivity index is 2.05. The van der Waals surface area contributed by atoms with Crippen molar-refractivity contribution in [2.75, 3.05) is 0 Å². The van der Waals surface area contributed by atoms with Crippen molar-refractivity contribution >= 4 is 16.8 Å². The summed E-state index contributed by atoms with van der Waals surface area (Å²) < 4.78 is 1.80. The molecule has 2 aromatic carbocycles. The van der Waals surface area contributed by atoms with Crippen molar-refractivity contribution < 1.29 is 4.79 Å². The van der Waals surface area contributed by atoms with E-state index < -0.39 is 0 Å². The summed E-state index contributed by atoms with van der Waals surface area (Å²) in [6.07, 6.45) is 3.54. The molecule has 0 bridgehead atoms. The van der Waals surface area contributed by atoms with Crippen LogP contribution in [0.5, 0.6) is 0 Å². The van der Waals surface area contributed by atoms with E-state index in [0.29, 0.717) is 5.56 Å². The highest BCUT2D eigenvalue weighted by Gasteiger charge is 2.21. The molecule has 0 unspecified atom stereocenters. The van der Waals surface area contributed by atoms with Gasteiger partial charge in [0.15, 0.2) is 0 Å². The lowest BCUT2D eigenvalue weighted by Crippen LogP contribution is -2.13. The average Bonchev–Trinajstić information content (AvgIpc) is 2.95. The largest absolute Gasteiger partial charge is 0.275 e. The van der Waals surface area contributed by atoms with Crippen molar-refractivity contribution in [2.45, 2.75) is 6.92 Å². The van der Waals surface area contributed by atoms with E-state index in [-0.39, 0.29) is 5.91 Å². The van der Waals surface area contributed by atoms with Crippen LogP contribution in [0.1, 0.15) is 15.9 Å². The molecule has 3 heteroatoms. The Morgan fingerprint density at radius 2 is 1.67 bits per heavy atom. The third kappa shape index (κ3) is 2.22. The summed E-state index contributed by atoms with van der Waals surface area (Å²) in [7, 11) is 0. The smallest absolute Gasteiger partial charge is 0.262 e. The summed E-state index contributed by atoms with van der Waals surface area (Å²) in [4.78, 5) is 17.4. The van der Waals surface area contributed by atoms with Crippen molar-refractivity contribution in [1.82, 2.24) is 9.55 Å². The maximum atomic E-state index is 13.2. The first-order valence-corrected chi connectivity index (χ1v) is 7.87. The Labute approximate surface area is 140 Å². The number of pyridine rings is 1. The molecule has 116 valence electrons. The van der Waals surface area contributed by atoms with Crippen LogP contribution in [0.15, 0.2) is 79.1 Å². The quantitative estimate of drug-likeness (QED) is 0.538. The standard InChI is InChI=1S/C21H16N2O/c1-15-18-11-5-6-12-19(18)23(20(15)17-10-7-13-22-14-17)21(24)16-8-3-2-4-9-16/h2-14H,1H3. The second-order valence-electron chi connectivity index (χ2n) is 5.74. The van der Waals surface area contributed by atoms with Crippen molar-refractivity contribution in [2.24, 2.45) is 0 Å². The topological polar surface area (TPSA) is 34.9 Å². The van der Waals surface area contributed by atoms with Gasteiger partial charge in [-0.25, -0.2) is 0 Å². The van der Waals surface area contributed by atoms with Gasteiger partial charge < -0.3 is 0 Å². The van der Waals surface area contributed by atoms with Gasteiger partial charge >= 0.3 is 0 Å². The second-order valence-corrected chi connectivity index (χ2v) is 5.74. The number of para-hydroxylation sites is 1. The first-order chi connectivity index (χ1) is 11.8. The fourth-order valence-corrected chi connectivity index (χ4v) is 3.17. The van der Waals surface area contributed by atoms with E-state index >= 15 is 0 Å². The van der Waals surface area contributed by atoms with Crippen LogP contribution in [0.2, 0.25) is 0 Å². The number of aromatic nitrogens is 2. The van der Waals surface area contributed by atoms with Crippen LogP contribution in [0.4, 0.5) is 0 Å². The molecule has 0 aliphatic rings. The van der Waals surface area contributed by atoms with Crippen LogP contribution >= 0.6 is 0 Å². The van der Waals surface area contributed by atoms with Gasteiger partial charge in [-0.05, 0) is 42.8 Å². The Bertz CT molecular complexity index is 1020. The van der Waals surface area contributed by atoms with E-state index in [0.717, 1.165) is 27.7 Å². The number of rotatable bonds is 2. The van der Waals surface area contributed by atoms with Gasteiger partial charge in [0.05, 0.1) is 11.2 Å². The molecule has 0 amide bonds. The minimum atomic E-state index is -0.0289. The van der Waals surface area contributed by atoms with Gasteiger partial charge in [0.1, 0.15) is 0 Å². The lowest BCUT2D eigenvalue weighted by Gasteiger charge is -2.10. The van der Waals surface area contributed by atoms with Crippen LogP contribution in [-0.2, 0) is 0 Å². The SMILES string of the molecule is Cc1c(-c2cccnc2)n(C(=O)c2ccccc2)c2ccccc12. The highest BCUT2D eigenvalue weighted by Crippen LogP contribution is 2.33. The Morgan fingerprint density at radius 3 is 2.42 bits per heavy atom. The van der Waals surface area contributed by atoms with Crippen LogP contribution in [0, 0.1) is 6.92 Å². The van der Waals surface area contributed by atoms with Gasteiger partial charge in [-0.15, -0.1) is 0 Å². The lowest BCUT2D eigenvalue weighted by atomic mass is 10.1. The molecule has 0 spiro atoms. The molecule has 0 saturated carbocycles. The Morgan fingerprint density at radius 1 is 0.917 bits per heavy atom. The number of hydrogen-bond acceptors (Lipinski definition) is 2. The molecular formula is C21H16N2O. The fourth-order valence-electron chi connectivity index (χ4n) is 3.17. The van der Waals surface area contributed by atoms with Gasteiger partial charge in [-0.1, -0.05) is 36.4 Å². The number of carbonyl (C=O) groups excluding carboxylic acids is 1. The van der Waals surface area contributed by atoms with Crippen LogP contribution in [-0.4, -0.2) is 15.5 Å². The van der Waals surface area contributed by atoms with Crippen molar-refractivity contribution in [1.29, 1.82) is 0 Å². The van der Waals surface area contributed by atoms with Crippen LogP contribution < -0.4 is 0 Å². The molecule has 0 radical (unpaired) electrons. The van der Waals surface area contributed by atoms with Gasteiger partial charge in [0, 0.05) is 28.9 Å². The fraction of sp³-hybridized carbons (Fsp3) is 0.0476. The third-order valence-electron chi connectivity index (χ3n) is 4.29. The number of carbonyl (C=O) groups is 1. The van der Waals surface area contributed by atoms with E-state index in [9.17, 15) is 4.79 Å². The molecule has 24 heavy (non-hydrogen) atoms. The highest BCUT2D eigenvalue weighted by atomic mass is 16.2. The van der Waals surface area contributed by atoms with Gasteiger partial charge in [-0.3, -0.25) is 14.3 Å². The Hall–Kier alpha value is -3.20. The average molecular weight is 312 g/mol. The molecule has 2 heterocycles. The zero-order valence-corrected chi connectivity index (χ0v) is 13.3. The van der Waals surface area contributed by atoms with Crippen molar-refractivity contribution in [3.63, 3.8) is 0 Å². The summed E-state index contributed by atoms with van der Waals surface area (Å²) in [6, 6.07) is 21.3. The Kier molecular flexibility index (Phi) is 3.47. The minimum Gasteiger partial charge on any atom is -0.275 e. The molecule has 2 aromatic heterocycles. The normalized spacial score (nSPS) is 10.9. The number of hydrogen-bond donors (Lipinski definition) is 0. The zero-order valence-electron chi connectivity index (χ0n) is 13.3. The first kappa shape index (κ1) is 14.4.